The molecule has 0 atom stereocenters. The Morgan fingerprint density at radius 3 is 1.04 bits per heavy atom. The molecule has 0 aromatic carbocycles. The van der Waals surface area contributed by atoms with Crippen LogP contribution in [0.3, 0.4) is 0 Å². The zero-order valence-corrected chi connectivity index (χ0v) is 17.9. The molecule has 0 bridgehead atoms. The van der Waals surface area contributed by atoms with Crippen LogP contribution in [0.15, 0.2) is 0 Å². The first kappa shape index (κ1) is 29.7. The summed E-state index contributed by atoms with van der Waals surface area (Å²) in [5, 5.41) is 19.2. The summed E-state index contributed by atoms with van der Waals surface area (Å²) >= 11 is 0. The average Bonchev–Trinajstić information content (AvgIpc) is 2.63. The van der Waals surface area contributed by atoms with Crippen LogP contribution in [-0.2, 0) is 9.59 Å². The van der Waals surface area contributed by atoms with Crippen LogP contribution in [0.4, 0.5) is 0 Å². The van der Waals surface area contributed by atoms with Crippen molar-refractivity contribution in [3.8, 4) is 0 Å². The fraction of sp³-hybridized carbons (Fsp3) is 0.913. The number of carbonyl (C=O) groups is 2. The molecule has 0 unspecified atom stereocenters. The average molecular weight is 393 g/mol. The van der Waals surface area contributed by atoms with Crippen molar-refractivity contribution in [1.82, 2.24) is 0 Å². The number of aliphatic carboxylic acids is 2. The van der Waals surface area contributed by atoms with Crippen LogP contribution < -0.4 is 0 Å². The molecule has 0 amide bonds. The van der Waals surface area contributed by atoms with Gasteiger partial charge in [-0.2, -0.15) is 0 Å². The van der Waals surface area contributed by atoms with Gasteiger partial charge in [-0.05, 0) is 12.8 Å². The molecule has 0 rings (SSSR count). The van der Waals surface area contributed by atoms with Crippen molar-refractivity contribution < 1.29 is 19.8 Å². The molecule has 0 aromatic heterocycles. The van der Waals surface area contributed by atoms with Crippen molar-refractivity contribution in [3.63, 3.8) is 0 Å². The van der Waals surface area contributed by atoms with Gasteiger partial charge in [0.2, 0.25) is 0 Å². The topological polar surface area (TPSA) is 74.6 Å². The summed E-state index contributed by atoms with van der Waals surface area (Å²) in [6.07, 6.45) is 18.4. The van der Waals surface area contributed by atoms with Crippen LogP contribution in [-0.4, -0.2) is 41.0 Å². The predicted octanol–water partition coefficient (Wildman–Crippen LogP) is 6.56. The fourth-order valence-electron chi connectivity index (χ4n) is 3.77. The van der Waals surface area contributed by atoms with E-state index in [2.05, 4.69) is 13.8 Å². The van der Waals surface area contributed by atoms with E-state index in [0.29, 0.717) is 12.8 Å². The van der Waals surface area contributed by atoms with Crippen molar-refractivity contribution in [2.45, 2.75) is 129 Å². The molecule has 0 spiro atoms. The molecule has 5 heteroatoms. The van der Waals surface area contributed by atoms with Crippen molar-refractivity contribution in [1.29, 1.82) is 0 Å². The Morgan fingerprint density at radius 2 is 0.786 bits per heavy atom. The molecule has 0 aliphatic rings. The first-order valence-corrected chi connectivity index (χ1v) is 11.5. The zero-order valence-electron chi connectivity index (χ0n) is 17.9. The number of hydrogen-bond acceptors (Lipinski definition) is 2. The molecule has 0 heterocycles. The van der Waals surface area contributed by atoms with Crippen molar-refractivity contribution in [2.75, 3.05) is 0 Å². The van der Waals surface area contributed by atoms with E-state index in [1.54, 1.807) is 0 Å². The summed E-state index contributed by atoms with van der Waals surface area (Å²) in [5.41, 5.74) is -1.58. The predicted molar refractivity (Wildman–Crippen MR) is 119 cm³/mol. The Bertz CT molecular complexity index is 371. The van der Waals surface area contributed by atoms with E-state index in [9.17, 15) is 19.8 Å². The van der Waals surface area contributed by atoms with E-state index in [-0.39, 0.29) is 31.7 Å². The number of unbranched alkanes of at least 4 members (excludes halogenated alkanes) is 14. The minimum absolute atomic E-state index is 0. The number of carboxylic acid groups (broad SMARTS) is 2. The van der Waals surface area contributed by atoms with E-state index in [1.165, 1.54) is 57.8 Å². The third kappa shape index (κ3) is 13.7. The Labute approximate surface area is 185 Å². The second-order valence-electron chi connectivity index (χ2n) is 8.14. The maximum absolute atomic E-state index is 11.7. The fourth-order valence-corrected chi connectivity index (χ4v) is 3.77. The molecule has 0 saturated carbocycles. The molecule has 0 fully saturated rings. The Kier molecular flexibility index (Phi) is 21.1. The van der Waals surface area contributed by atoms with Crippen LogP contribution in [0, 0.1) is 5.41 Å². The summed E-state index contributed by atoms with van der Waals surface area (Å²) < 4.78 is 0. The Balaban J connectivity index is 0. The van der Waals surface area contributed by atoms with E-state index < -0.39 is 17.4 Å². The second-order valence-corrected chi connectivity index (χ2v) is 8.14. The molecule has 0 aromatic rings. The molecule has 4 nitrogen and oxygen atoms in total. The molecule has 28 heavy (non-hydrogen) atoms. The number of hydrogen-bond donors (Lipinski definition) is 2. The summed E-state index contributed by atoms with van der Waals surface area (Å²) in [7, 11) is 0. The van der Waals surface area contributed by atoms with Gasteiger partial charge in [0.15, 0.2) is 5.41 Å². The van der Waals surface area contributed by atoms with Crippen LogP contribution in [0.2, 0.25) is 0 Å². The number of carboxylic acids is 2. The van der Waals surface area contributed by atoms with Gasteiger partial charge in [0.1, 0.15) is 0 Å². The molecule has 0 aliphatic carbocycles. The van der Waals surface area contributed by atoms with Crippen LogP contribution >= 0.6 is 0 Å². The van der Waals surface area contributed by atoms with Gasteiger partial charge in [-0.3, -0.25) is 9.59 Å². The van der Waals surface area contributed by atoms with Crippen molar-refractivity contribution >= 4 is 30.8 Å². The Morgan fingerprint density at radius 1 is 0.536 bits per heavy atom. The minimum atomic E-state index is -1.58. The molecule has 162 valence electrons. The van der Waals surface area contributed by atoms with E-state index in [4.69, 9.17) is 0 Å². The van der Waals surface area contributed by atoms with Crippen molar-refractivity contribution in [2.24, 2.45) is 5.41 Å². The van der Waals surface area contributed by atoms with Crippen LogP contribution in [0.25, 0.3) is 0 Å². The molecule has 0 radical (unpaired) electrons. The van der Waals surface area contributed by atoms with E-state index in [1.807, 2.05) is 0 Å². The quantitative estimate of drug-likeness (QED) is 0.140. The normalized spacial score (nSPS) is 11.2. The summed E-state index contributed by atoms with van der Waals surface area (Å²) in [6, 6.07) is 0. The van der Waals surface area contributed by atoms with Crippen LogP contribution in [0.1, 0.15) is 129 Å². The first-order valence-electron chi connectivity index (χ1n) is 11.5. The van der Waals surface area contributed by atoms with Gasteiger partial charge in [0.05, 0.1) is 0 Å². The summed E-state index contributed by atoms with van der Waals surface area (Å²) in [4.78, 5) is 23.5. The third-order valence-electron chi connectivity index (χ3n) is 5.73. The van der Waals surface area contributed by atoms with Gasteiger partial charge in [0, 0.05) is 0 Å². The van der Waals surface area contributed by atoms with Gasteiger partial charge in [-0.15, -0.1) is 0 Å². The van der Waals surface area contributed by atoms with Gasteiger partial charge in [-0.1, -0.05) is 117 Å². The van der Waals surface area contributed by atoms with Gasteiger partial charge < -0.3 is 10.2 Å². The van der Waals surface area contributed by atoms with E-state index >= 15 is 0 Å². The van der Waals surface area contributed by atoms with Gasteiger partial charge in [-0.25, -0.2) is 0 Å². The van der Waals surface area contributed by atoms with Gasteiger partial charge in [0.25, 0.3) is 0 Å². The number of rotatable bonds is 20. The molecule has 2 N–H and O–H groups in total. The second kappa shape index (κ2) is 19.8. The Hall–Kier alpha value is -0.463. The molecule has 0 aliphatic heterocycles. The first-order chi connectivity index (χ1) is 13.0. The third-order valence-corrected chi connectivity index (χ3v) is 5.73. The van der Waals surface area contributed by atoms with Crippen molar-refractivity contribution in [3.05, 3.63) is 0 Å². The standard InChI is InChI=1S/C23H44O4.Li.H/c1-3-5-7-9-11-12-13-14-16-18-20-23(21(24)25,22(26)27)19-17-15-10-8-6-4-2;;/h3-20H2,1-2H3,(H,24,25)(H,26,27);;. The monoisotopic (exact) mass is 392 g/mol. The molecular formula is C23H45LiO4. The van der Waals surface area contributed by atoms with E-state index in [0.717, 1.165) is 32.1 Å². The maximum atomic E-state index is 11.7. The zero-order chi connectivity index (χ0) is 20.4. The summed E-state index contributed by atoms with van der Waals surface area (Å²) in [5.74, 6) is -2.31. The molecule has 0 saturated heterocycles. The SMILES string of the molecule is CCCCCCCCCCCCC(CCCCCCCC)(C(=O)O)C(=O)O.[LiH]. The van der Waals surface area contributed by atoms with Gasteiger partial charge >= 0.3 is 30.8 Å². The van der Waals surface area contributed by atoms with Crippen LogP contribution in [0.5, 0.6) is 0 Å². The summed E-state index contributed by atoms with van der Waals surface area (Å²) in [6.45, 7) is 4.38. The molecular weight excluding hydrogens is 347 g/mol.